The minimum absolute atomic E-state index is 0.00763. The summed E-state index contributed by atoms with van der Waals surface area (Å²) in [6, 6.07) is 1.85. The van der Waals surface area contributed by atoms with Crippen LogP contribution in [0.25, 0.3) is 0 Å². The van der Waals surface area contributed by atoms with Crippen molar-refractivity contribution in [1.82, 2.24) is 5.32 Å². The Morgan fingerprint density at radius 1 is 1.39 bits per heavy atom. The van der Waals surface area contributed by atoms with Crippen molar-refractivity contribution in [2.24, 2.45) is 5.92 Å². The van der Waals surface area contributed by atoms with Crippen LogP contribution in [0.2, 0.25) is 0 Å². The first kappa shape index (κ1) is 15.2. The van der Waals surface area contributed by atoms with Crippen molar-refractivity contribution >= 4 is 17.2 Å². The van der Waals surface area contributed by atoms with Crippen LogP contribution in [0.5, 0.6) is 0 Å². The van der Waals surface area contributed by atoms with E-state index in [9.17, 15) is 9.90 Å². The quantitative estimate of drug-likeness (QED) is 0.834. The Kier molecular flexibility index (Phi) is 5.82. The molecule has 0 fully saturated rings. The van der Waals surface area contributed by atoms with Crippen LogP contribution in [0.1, 0.15) is 55.3 Å². The van der Waals surface area contributed by atoms with Gasteiger partial charge in [-0.15, -0.1) is 11.3 Å². The summed E-state index contributed by atoms with van der Waals surface area (Å²) in [6.07, 6.45) is 0.796. The Bertz CT molecular complexity index is 385. The molecule has 0 aliphatic rings. The molecular formula is C14H23NO2S. The second kappa shape index (κ2) is 6.90. The summed E-state index contributed by atoms with van der Waals surface area (Å²) in [4.78, 5) is 12.9. The van der Waals surface area contributed by atoms with Gasteiger partial charge >= 0.3 is 0 Å². The van der Waals surface area contributed by atoms with Gasteiger partial charge in [-0.25, -0.2) is 0 Å². The van der Waals surface area contributed by atoms with E-state index < -0.39 is 0 Å². The van der Waals surface area contributed by atoms with E-state index in [2.05, 4.69) is 33.0 Å². The molecule has 0 spiro atoms. The van der Waals surface area contributed by atoms with Crippen molar-refractivity contribution in [2.45, 2.75) is 46.1 Å². The third kappa shape index (κ3) is 4.10. The molecule has 0 aliphatic carbocycles. The van der Waals surface area contributed by atoms with Gasteiger partial charge in [-0.1, -0.05) is 27.7 Å². The van der Waals surface area contributed by atoms with Gasteiger partial charge in [0, 0.05) is 0 Å². The standard InChI is InChI=1S/C14H23NO2S/c1-9(2)7-11(8-16)15-14(17)13-12(10(3)4)5-6-18-13/h5-6,9-11,16H,7-8H2,1-4H3,(H,15,17). The van der Waals surface area contributed by atoms with E-state index in [0.29, 0.717) is 11.8 Å². The molecule has 0 saturated heterocycles. The zero-order chi connectivity index (χ0) is 13.7. The molecule has 1 atom stereocenters. The predicted molar refractivity (Wildman–Crippen MR) is 76.2 cm³/mol. The van der Waals surface area contributed by atoms with Crippen LogP contribution in [0.3, 0.4) is 0 Å². The largest absolute Gasteiger partial charge is 0.394 e. The number of hydrogen-bond donors (Lipinski definition) is 2. The Hall–Kier alpha value is -0.870. The fraction of sp³-hybridized carbons (Fsp3) is 0.643. The van der Waals surface area contributed by atoms with Crippen molar-refractivity contribution in [3.63, 3.8) is 0 Å². The number of amides is 1. The van der Waals surface area contributed by atoms with Gasteiger partial charge in [0.2, 0.25) is 0 Å². The molecular weight excluding hydrogens is 246 g/mol. The Morgan fingerprint density at radius 3 is 2.56 bits per heavy atom. The zero-order valence-electron chi connectivity index (χ0n) is 11.6. The molecule has 1 unspecified atom stereocenters. The molecule has 0 aliphatic heterocycles. The molecule has 1 heterocycles. The fourth-order valence-corrected chi connectivity index (χ4v) is 2.91. The Labute approximate surface area is 113 Å². The molecule has 18 heavy (non-hydrogen) atoms. The first-order chi connectivity index (χ1) is 8.45. The predicted octanol–water partition coefficient (Wildman–Crippen LogP) is 3.01. The number of carbonyl (C=O) groups is 1. The van der Waals surface area contributed by atoms with Crippen LogP contribution < -0.4 is 5.32 Å². The van der Waals surface area contributed by atoms with Crippen LogP contribution in [0.15, 0.2) is 11.4 Å². The van der Waals surface area contributed by atoms with Gasteiger partial charge in [0.1, 0.15) is 0 Å². The van der Waals surface area contributed by atoms with E-state index in [1.165, 1.54) is 11.3 Å². The monoisotopic (exact) mass is 269 g/mol. The third-order valence-electron chi connectivity index (χ3n) is 2.84. The van der Waals surface area contributed by atoms with Crippen LogP contribution in [-0.2, 0) is 0 Å². The fourth-order valence-electron chi connectivity index (χ4n) is 1.96. The van der Waals surface area contributed by atoms with Gasteiger partial charge in [0.05, 0.1) is 17.5 Å². The average Bonchev–Trinajstić information content (AvgIpc) is 2.76. The smallest absolute Gasteiger partial charge is 0.261 e. The van der Waals surface area contributed by atoms with Crippen LogP contribution in [0, 0.1) is 5.92 Å². The van der Waals surface area contributed by atoms with Crippen molar-refractivity contribution in [2.75, 3.05) is 6.61 Å². The number of aliphatic hydroxyl groups is 1. The minimum atomic E-state index is -0.153. The first-order valence-electron chi connectivity index (χ1n) is 6.44. The normalized spacial score (nSPS) is 13.1. The zero-order valence-corrected chi connectivity index (χ0v) is 12.4. The molecule has 3 nitrogen and oxygen atoms in total. The Morgan fingerprint density at radius 2 is 2.06 bits per heavy atom. The number of thiophene rings is 1. The van der Waals surface area contributed by atoms with Crippen LogP contribution >= 0.6 is 11.3 Å². The maximum Gasteiger partial charge on any atom is 0.261 e. The van der Waals surface area contributed by atoms with Crippen molar-refractivity contribution in [3.05, 3.63) is 21.9 Å². The van der Waals surface area contributed by atoms with Crippen molar-refractivity contribution in [3.8, 4) is 0 Å². The van der Waals surface area contributed by atoms with E-state index >= 15 is 0 Å². The topological polar surface area (TPSA) is 49.3 Å². The van der Waals surface area contributed by atoms with Gasteiger partial charge in [-0.05, 0) is 35.3 Å². The summed E-state index contributed by atoms with van der Waals surface area (Å²) in [7, 11) is 0. The van der Waals surface area contributed by atoms with Crippen LogP contribution in [0.4, 0.5) is 0 Å². The van der Waals surface area contributed by atoms with Gasteiger partial charge in [0.15, 0.2) is 0 Å². The van der Waals surface area contributed by atoms with E-state index in [1.807, 2.05) is 11.4 Å². The SMILES string of the molecule is CC(C)CC(CO)NC(=O)c1sccc1C(C)C. The lowest BCUT2D eigenvalue weighted by Crippen LogP contribution is -2.38. The minimum Gasteiger partial charge on any atom is -0.394 e. The van der Waals surface area contributed by atoms with E-state index in [1.54, 1.807) is 0 Å². The Balaban J connectivity index is 2.72. The maximum atomic E-state index is 12.2. The molecule has 1 aromatic heterocycles. The molecule has 1 rings (SSSR count). The molecule has 1 amide bonds. The number of aliphatic hydroxyl groups excluding tert-OH is 1. The highest BCUT2D eigenvalue weighted by molar-refractivity contribution is 7.12. The second-order valence-corrected chi connectivity index (χ2v) is 6.26. The highest BCUT2D eigenvalue weighted by Crippen LogP contribution is 2.24. The molecule has 1 aromatic rings. The average molecular weight is 269 g/mol. The molecule has 102 valence electrons. The maximum absolute atomic E-state index is 12.2. The lowest BCUT2D eigenvalue weighted by molar-refractivity contribution is 0.0911. The van der Waals surface area contributed by atoms with Gasteiger partial charge in [0.25, 0.3) is 5.91 Å². The summed E-state index contributed by atoms with van der Waals surface area (Å²) in [5.41, 5.74) is 1.08. The number of carbonyl (C=O) groups excluding carboxylic acids is 1. The van der Waals surface area contributed by atoms with Crippen molar-refractivity contribution < 1.29 is 9.90 Å². The van der Waals surface area contributed by atoms with Crippen molar-refractivity contribution in [1.29, 1.82) is 0 Å². The van der Waals surface area contributed by atoms with Gasteiger partial charge in [-0.2, -0.15) is 0 Å². The van der Waals surface area contributed by atoms with Crippen LogP contribution in [-0.4, -0.2) is 23.7 Å². The number of nitrogens with one attached hydrogen (secondary N) is 1. The summed E-state index contributed by atoms with van der Waals surface area (Å²) in [5, 5.41) is 14.2. The summed E-state index contributed by atoms with van der Waals surface area (Å²) < 4.78 is 0. The number of hydrogen-bond acceptors (Lipinski definition) is 3. The van der Waals surface area contributed by atoms with E-state index in [4.69, 9.17) is 0 Å². The molecule has 0 aromatic carbocycles. The first-order valence-corrected chi connectivity index (χ1v) is 7.32. The third-order valence-corrected chi connectivity index (χ3v) is 3.76. The molecule has 0 radical (unpaired) electrons. The summed E-state index contributed by atoms with van der Waals surface area (Å²) >= 11 is 1.46. The second-order valence-electron chi connectivity index (χ2n) is 5.34. The molecule has 0 bridgehead atoms. The highest BCUT2D eigenvalue weighted by atomic mass is 32.1. The molecule has 2 N–H and O–H groups in total. The van der Waals surface area contributed by atoms with Gasteiger partial charge < -0.3 is 10.4 Å². The van der Waals surface area contributed by atoms with E-state index in [-0.39, 0.29) is 18.6 Å². The summed E-state index contributed by atoms with van der Waals surface area (Å²) in [5.74, 6) is 0.735. The molecule has 4 heteroatoms. The number of rotatable bonds is 6. The highest BCUT2D eigenvalue weighted by Gasteiger charge is 2.19. The lowest BCUT2D eigenvalue weighted by Gasteiger charge is -2.18. The van der Waals surface area contributed by atoms with E-state index in [0.717, 1.165) is 16.9 Å². The van der Waals surface area contributed by atoms with Gasteiger partial charge in [-0.3, -0.25) is 4.79 Å². The molecule has 0 saturated carbocycles. The lowest BCUT2D eigenvalue weighted by atomic mass is 10.0. The summed E-state index contributed by atoms with van der Waals surface area (Å²) in [6.45, 7) is 8.32.